The van der Waals surface area contributed by atoms with Crippen LogP contribution in [0.4, 0.5) is 0 Å². The highest BCUT2D eigenvalue weighted by atomic mass is 14.9. The SMILES string of the molecule is CCC(C)CC(CNC1CC1)c1ccccc1C. The Morgan fingerprint density at radius 2 is 2.00 bits per heavy atom. The van der Waals surface area contributed by atoms with Crippen LogP contribution in [0.25, 0.3) is 0 Å². The van der Waals surface area contributed by atoms with Crippen LogP contribution in [0.15, 0.2) is 24.3 Å². The number of hydrogen-bond acceptors (Lipinski definition) is 1. The van der Waals surface area contributed by atoms with Crippen LogP contribution in [0.1, 0.15) is 56.6 Å². The largest absolute Gasteiger partial charge is 0.313 e. The molecule has 1 aromatic carbocycles. The molecule has 0 saturated heterocycles. The zero-order valence-electron chi connectivity index (χ0n) is 12.1. The molecule has 1 aliphatic carbocycles. The molecule has 2 unspecified atom stereocenters. The van der Waals surface area contributed by atoms with E-state index in [-0.39, 0.29) is 0 Å². The third kappa shape index (κ3) is 3.84. The van der Waals surface area contributed by atoms with E-state index in [9.17, 15) is 0 Å². The van der Waals surface area contributed by atoms with Crippen molar-refractivity contribution in [2.45, 2.75) is 58.4 Å². The second-order valence-corrected chi connectivity index (χ2v) is 5.99. The Kier molecular flexibility index (Phi) is 4.82. The molecule has 1 heteroatoms. The van der Waals surface area contributed by atoms with E-state index in [1.807, 2.05) is 0 Å². The summed E-state index contributed by atoms with van der Waals surface area (Å²) in [6, 6.07) is 9.71. The molecule has 2 rings (SSSR count). The van der Waals surface area contributed by atoms with Gasteiger partial charge in [0, 0.05) is 12.6 Å². The summed E-state index contributed by atoms with van der Waals surface area (Å²) in [5, 5.41) is 3.71. The maximum Gasteiger partial charge on any atom is 0.00684 e. The zero-order valence-corrected chi connectivity index (χ0v) is 12.1. The fourth-order valence-electron chi connectivity index (χ4n) is 2.61. The van der Waals surface area contributed by atoms with E-state index in [1.54, 1.807) is 5.56 Å². The smallest absolute Gasteiger partial charge is 0.00684 e. The van der Waals surface area contributed by atoms with E-state index in [4.69, 9.17) is 0 Å². The van der Waals surface area contributed by atoms with Crippen molar-refractivity contribution >= 4 is 0 Å². The lowest BCUT2D eigenvalue weighted by Crippen LogP contribution is -2.25. The average molecular weight is 245 g/mol. The predicted octanol–water partition coefficient (Wildman–Crippen LogP) is 4.27. The Labute approximate surface area is 112 Å². The maximum absolute atomic E-state index is 3.71. The number of rotatable bonds is 7. The second kappa shape index (κ2) is 6.38. The molecule has 0 aliphatic heterocycles. The molecule has 1 aromatic rings. The summed E-state index contributed by atoms with van der Waals surface area (Å²) in [6.45, 7) is 8.08. The molecular weight excluding hydrogens is 218 g/mol. The van der Waals surface area contributed by atoms with Crippen LogP contribution in [0.5, 0.6) is 0 Å². The Morgan fingerprint density at radius 3 is 2.61 bits per heavy atom. The van der Waals surface area contributed by atoms with Crippen molar-refractivity contribution < 1.29 is 0 Å². The summed E-state index contributed by atoms with van der Waals surface area (Å²) < 4.78 is 0. The summed E-state index contributed by atoms with van der Waals surface area (Å²) in [5.74, 6) is 1.50. The fourth-order valence-corrected chi connectivity index (χ4v) is 2.61. The highest BCUT2D eigenvalue weighted by Crippen LogP contribution is 2.28. The molecule has 0 spiro atoms. The summed E-state index contributed by atoms with van der Waals surface area (Å²) in [7, 11) is 0. The summed E-state index contributed by atoms with van der Waals surface area (Å²) >= 11 is 0. The molecule has 1 N–H and O–H groups in total. The van der Waals surface area contributed by atoms with Crippen molar-refractivity contribution in [2.24, 2.45) is 5.92 Å². The van der Waals surface area contributed by atoms with Gasteiger partial charge in [0.05, 0.1) is 0 Å². The standard InChI is InChI=1S/C17H27N/c1-4-13(2)11-15(12-18-16-9-10-16)17-8-6-5-7-14(17)3/h5-8,13,15-16,18H,4,9-12H2,1-3H3. The summed E-state index contributed by atoms with van der Waals surface area (Å²) in [4.78, 5) is 0. The topological polar surface area (TPSA) is 12.0 Å². The van der Waals surface area contributed by atoms with E-state index in [1.165, 1.54) is 31.2 Å². The van der Waals surface area contributed by atoms with E-state index < -0.39 is 0 Å². The average Bonchev–Trinajstić information content (AvgIpc) is 3.19. The number of hydrogen-bond donors (Lipinski definition) is 1. The van der Waals surface area contributed by atoms with Crippen molar-refractivity contribution in [3.8, 4) is 0 Å². The number of aryl methyl sites for hydroxylation is 1. The van der Waals surface area contributed by atoms with E-state index in [2.05, 4.69) is 50.4 Å². The highest BCUT2D eigenvalue weighted by molar-refractivity contribution is 5.29. The molecule has 1 nitrogen and oxygen atoms in total. The van der Waals surface area contributed by atoms with E-state index in [0.717, 1.165) is 18.5 Å². The molecule has 0 heterocycles. The first-order valence-electron chi connectivity index (χ1n) is 7.49. The molecule has 1 aliphatic rings. The third-order valence-corrected chi connectivity index (χ3v) is 4.24. The van der Waals surface area contributed by atoms with E-state index >= 15 is 0 Å². The molecular formula is C17H27N. The fraction of sp³-hybridized carbons (Fsp3) is 0.647. The van der Waals surface area contributed by atoms with Gasteiger partial charge >= 0.3 is 0 Å². The lowest BCUT2D eigenvalue weighted by atomic mass is 9.86. The molecule has 0 bridgehead atoms. The van der Waals surface area contributed by atoms with Crippen LogP contribution < -0.4 is 5.32 Å². The molecule has 0 aromatic heterocycles. The maximum atomic E-state index is 3.71. The zero-order chi connectivity index (χ0) is 13.0. The van der Waals surface area contributed by atoms with Crippen LogP contribution in [0.2, 0.25) is 0 Å². The minimum absolute atomic E-state index is 0.682. The number of nitrogens with one attached hydrogen (secondary N) is 1. The molecule has 0 amide bonds. The molecule has 0 radical (unpaired) electrons. The van der Waals surface area contributed by atoms with Crippen molar-refractivity contribution in [3.05, 3.63) is 35.4 Å². The van der Waals surface area contributed by atoms with Crippen molar-refractivity contribution in [3.63, 3.8) is 0 Å². The lowest BCUT2D eigenvalue weighted by molar-refractivity contribution is 0.434. The van der Waals surface area contributed by atoms with Gasteiger partial charge in [0.25, 0.3) is 0 Å². The van der Waals surface area contributed by atoms with Gasteiger partial charge in [-0.2, -0.15) is 0 Å². The quantitative estimate of drug-likeness (QED) is 0.756. The van der Waals surface area contributed by atoms with Gasteiger partial charge in [0.2, 0.25) is 0 Å². The molecule has 100 valence electrons. The van der Waals surface area contributed by atoms with Gasteiger partial charge in [0.1, 0.15) is 0 Å². The number of benzene rings is 1. The second-order valence-electron chi connectivity index (χ2n) is 5.99. The highest BCUT2D eigenvalue weighted by Gasteiger charge is 2.23. The minimum atomic E-state index is 0.682. The first kappa shape index (κ1) is 13.6. The van der Waals surface area contributed by atoms with Crippen LogP contribution in [0.3, 0.4) is 0 Å². The normalized spacial score (nSPS) is 18.6. The van der Waals surface area contributed by atoms with Gasteiger partial charge in [-0.15, -0.1) is 0 Å². The van der Waals surface area contributed by atoms with Gasteiger partial charge < -0.3 is 5.32 Å². The van der Waals surface area contributed by atoms with Gasteiger partial charge in [-0.05, 0) is 49.1 Å². The van der Waals surface area contributed by atoms with Crippen molar-refractivity contribution in [1.82, 2.24) is 5.32 Å². The Morgan fingerprint density at radius 1 is 1.28 bits per heavy atom. The lowest BCUT2D eigenvalue weighted by Gasteiger charge is -2.23. The van der Waals surface area contributed by atoms with Gasteiger partial charge in [-0.25, -0.2) is 0 Å². The molecule has 2 atom stereocenters. The molecule has 1 fully saturated rings. The van der Waals surface area contributed by atoms with Crippen LogP contribution >= 0.6 is 0 Å². The minimum Gasteiger partial charge on any atom is -0.313 e. The Hall–Kier alpha value is -0.820. The third-order valence-electron chi connectivity index (χ3n) is 4.24. The molecule has 1 saturated carbocycles. The summed E-state index contributed by atoms with van der Waals surface area (Å²) in [6.07, 6.45) is 5.35. The first-order chi connectivity index (χ1) is 8.70. The van der Waals surface area contributed by atoms with Gasteiger partial charge in [-0.1, -0.05) is 44.5 Å². The van der Waals surface area contributed by atoms with Gasteiger partial charge in [0.15, 0.2) is 0 Å². The summed E-state index contributed by atoms with van der Waals surface area (Å²) in [5.41, 5.74) is 2.99. The monoisotopic (exact) mass is 245 g/mol. The Bertz CT molecular complexity index is 368. The first-order valence-corrected chi connectivity index (χ1v) is 7.49. The van der Waals surface area contributed by atoms with Crippen molar-refractivity contribution in [2.75, 3.05) is 6.54 Å². The Balaban J connectivity index is 2.04. The van der Waals surface area contributed by atoms with Crippen LogP contribution in [-0.2, 0) is 0 Å². The molecule has 18 heavy (non-hydrogen) atoms. The van der Waals surface area contributed by atoms with Gasteiger partial charge in [-0.3, -0.25) is 0 Å². The predicted molar refractivity (Wildman–Crippen MR) is 79.0 cm³/mol. The van der Waals surface area contributed by atoms with Crippen molar-refractivity contribution in [1.29, 1.82) is 0 Å². The van der Waals surface area contributed by atoms with Crippen LogP contribution in [0, 0.1) is 12.8 Å². The van der Waals surface area contributed by atoms with E-state index in [0.29, 0.717) is 5.92 Å². The van der Waals surface area contributed by atoms with Crippen LogP contribution in [-0.4, -0.2) is 12.6 Å².